The van der Waals surface area contributed by atoms with Crippen molar-refractivity contribution in [3.05, 3.63) is 59.8 Å². The highest BCUT2D eigenvalue weighted by atomic mass is 16.2. The zero-order chi connectivity index (χ0) is 23.5. The molecule has 4 rings (SSSR count). The summed E-state index contributed by atoms with van der Waals surface area (Å²) in [6, 6.07) is 14.7. The number of benzene rings is 2. The number of nitrogens with zero attached hydrogens (tertiary/aromatic N) is 2. The summed E-state index contributed by atoms with van der Waals surface area (Å²) in [7, 11) is 0. The van der Waals surface area contributed by atoms with Crippen molar-refractivity contribution in [2.24, 2.45) is 0 Å². The highest BCUT2D eigenvalue weighted by Crippen LogP contribution is 2.33. The predicted molar refractivity (Wildman–Crippen MR) is 131 cm³/mol. The highest BCUT2D eigenvalue weighted by molar-refractivity contribution is 6.36. The van der Waals surface area contributed by atoms with E-state index in [1.54, 1.807) is 24.3 Å². The topological polar surface area (TPSA) is 81.8 Å². The number of carbonyl (C=O) groups excluding carboxylic acids is 3. The first kappa shape index (κ1) is 22.6. The molecular formula is C26H30N4O3. The van der Waals surface area contributed by atoms with Crippen LogP contribution in [0.1, 0.15) is 45.6 Å². The molecule has 2 aliphatic heterocycles. The van der Waals surface area contributed by atoms with Gasteiger partial charge >= 0.3 is 0 Å². The second-order valence-electron chi connectivity index (χ2n) is 8.80. The second kappa shape index (κ2) is 9.48. The van der Waals surface area contributed by atoms with Crippen LogP contribution in [0.25, 0.3) is 5.57 Å². The van der Waals surface area contributed by atoms with Gasteiger partial charge in [-0.05, 0) is 75.1 Å². The molecule has 2 aliphatic rings. The van der Waals surface area contributed by atoms with Crippen molar-refractivity contribution in [2.75, 3.05) is 28.6 Å². The zero-order valence-electron chi connectivity index (χ0n) is 19.4. The predicted octanol–water partition coefficient (Wildman–Crippen LogP) is 4.24. The molecule has 1 fully saturated rings. The first-order valence-electron chi connectivity index (χ1n) is 11.5. The summed E-state index contributed by atoms with van der Waals surface area (Å²) in [4.78, 5) is 41.4. The Kier molecular flexibility index (Phi) is 6.49. The number of anilines is 3. The van der Waals surface area contributed by atoms with E-state index in [2.05, 4.69) is 27.7 Å². The second-order valence-corrected chi connectivity index (χ2v) is 8.80. The number of carbonyl (C=O) groups is 3. The quantitative estimate of drug-likeness (QED) is 0.649. The Balaban J connectivity index is 1.64. The Morgan fingerprint density at radius 2 is 1.45 bits per heavy atom. The van der Waals surface area contributed by atoms with Crippen molar-refractivity contribution in [1.29, 1.82) is 0 Å². The molecule has 0 aromatic heterocycles. The Morgan fingerprint density at radius 1 is 0.848 bits per heavy atom. The molecule has 2 N–H and O–H groups in total. The number of hydrogen-bond donors (Lipinski definition) is 2. The van der Waals surface area contributed by atoms with Crippen molar-refractivity contribution in [3.8, 4) is 0 Å². The summed E-state index contributed by atoms with van der Waals surface area (Å²) in [5, 5.41) is 5.93. The van der Waals surface area contributed by atoms with Gasteiger partial charge in [-0.25, -0.2) is 0 Å². The molecule has 33 heavy (non-hydrogen) atoms. The summed E-state index contributed by atoms with van der Waals surface area (Å²) in [6.45, 7) is 7.21. The van der Waals surface area contributed by atoms with E-state index in [1.807, 2.05) is 26.0 Å². The van der Waals surface area contributed by atoms with Crippen LogP contribution in [0.2, 0.25) is 0 Å². The summed E-state index contributed by atoms with van der Waals surface area (Å²) in [5.74, 6) is -0.832. The highest BCUT2D eigenvalue weighted by Gasteiger charge is 2.40. The van der Waals surface area contributed by atoms with Gasteiger partial charge in [-0.2, -0.15) is 0 Å². The van der Waals surface area contributed by atoms with E-state index in [1.165, 1.54) is 36.8 Å². The minimum absolute atomic E-state index is 0.171. The van der Waals surface area contributed by atoms with Gasteiger partial charge in [0.2, 0.25) is 5.91 Å². The van der Waals surface area contributed by atoms with Gasteiger partial charge in [0, 0.05) is 43.1 Å². The summed E-state index contributed by atoms with van der Waals surface area (Å²) >= 11 is 0. The number of hydrogen-bond acceptors (Lipinski definition) is 5. The number of imide groups is 1. The van der Waals surface area contributed by atoms with E-state index in [0.717, 1.165) is 18.8 Å². The molecule has 0 aliphatic carbocycles. The SMILES string of the molecule is CC(=O)Nc1ccc(C2=C(Nc3ccc(N4CCCCC4)cc3)C(=O)N(C(C)C)C2=O)cc1. The van der Waals surface area contributed by atoms with E-state index < -0.39 is 0 Å². The minimum atomic E-state index is -0.337. The van der Waals surface area contributed by atoms with Crippen molar-refractivity contribution >= 4 is 40.4 Å². The van der Waals surface area contributed by atoms with Gasteiger partial charge in [0.15, 0.2) is 0 Å². The normalized spacial score (nSPS) is 16.6. The number of piperidine rings is 1. The van der Waals surface area contributed by atoms with Crippen LogP contribution < -0.4 is 15.5 Å². The average Bonchev–Trinajstić information content (AvgIpc) is 3.04. The third-order valence-corrected chi connectivity index (χ3v) is 5.98. The lowest BCUT2D eigenvalue weighted by atomic mass is 10.0. The molecule has 0 radical (unpaired) electrons. The first-order valence-corrected chi connectivity index (χ1v) is 11.5. The maximum absolute atomic E-state index is 13.2. The zero-order valence-corrected chi connectivity index (χ0v) is 19.4. The fraction of sp³-hybridized carbons (Fsp3) is 0.346. The van der Waals surface area contributed by atoms with Crippen LogP contribution >= 0.6 is 0 Å². The molecule has 0 spiro atoms. The molecule has 0 unspecified atom stereocenters. The van der Waals surface area contributed by atoms with Crippen LogP contribution in [-0.2, 0) is 14.4 Å². The van der Waals surface area contributed by atoms with Crippen molar-refractivity contribution < 1.29 is 14.4 Å². The lowest BCUT2D eigenvalue weighted by molar-refractivity contribution is -0.138. The molecule has 172 valence electrons. The molecule has 3 amide bonds. The third kappa shape index (κ3) is 4.77. The van der Waals surface area contributed by atoms with Crippen LogP contribution in [0.4, 0.5) is 17.1 Å². The molecule has 7 heteroatoms. The maximum atomic E-state index is 13.2. The Hall–Kier alpha value is -3.61. The number of nitrogens with one attached hydrogen (secondary N) is 2. The molecule has 7 nitrogen and oxygen atoms in total. The van der Waals surface area contributed by atoms with E-state index in [4.69, 9.17) is 0 Å². The lowest BCUT2D eigenvalue weighted by Crippen LogP contribution is -2.38. The standard InChI is InChI=1S/C26H30N4O3/c1-17(2)30-25(32)23(19-7-9-20(10-8-19)27-18(3)31)24(26(30)33)28-21-11-13-22(14-12-21)29-15-5-4-6-16-29/h7-14,17,28H,4-6,15-16H2,1-3H3,(H,27,31). The molecule has 2 aromatic carbocycles. The monoisotopic (exact) mass is 446 g/mol. The average molecular weight is 447 g/mol. The smallest absolute Gasteiger partial charge is 0.278 e. The fourth-order valence-corrected chi connectivity index (χ4v) is 4.38. The van der Waals surface area contributed by atoms with Crippen LogP contribution in [0.3, 0.4) is 0 Å². The van der Waals surface area contributed by atoms with Gasteiger partial charge in [0.25, 0.3) is 11.8 Å². The molecule has 2 aromatic rings. The largest absolute Gasteiger partial charge is 0.372 e. The molecule has 0 bridgehead atoms. The number of amides is 3. The van der Waals surface area contributed by atoms with Gasteiger partial charge in [-0.15, -0.1) is 0 Å². The van der Waals surface area contributed by atoms with Gasteiger partial charge in [0.05, 0.1) is 5.57 Å². The van der Waals surface area contributed by atoms with Gasteiger partial charge < -0.3 is 15.5 Å². The lowest BCUT2D eigenvalue weighted by Gasteiger charge is -2.28. The first-order chi connectivity index (χ1) is 15.8. The Morgan fingerprint density at radius 3 is 2.03 bits per heavy atom. The molecule has 0 saturated carbocycles. The summed E-state index contributed by atoms with van der Waals surface area (Å²) in [5.41, 5.74) is 3.78. The van der Waals surface area contributed by atoms with Gasteiger partial charge in [0.1, 0.15) is 5.70 Å². The Bertz CT molecular complexity index is 1080. The van der Waals surface area contributed by atoms with Crippen molar-refractivity contribution in [3.63, 3.8) is 0 Å². The Labute approximate surface area is 194 Å². The van der Waals surface area contributed by atoms with Crippen LogP contribution in [-0.4, -0.2) is 41.8 Å². The van der Waals surface area contributed by atoms with Crippen molar-refractivity contribution in [2.45, 2.75) is 46.1 Å². The minimum Gasteiger partial charge on any atom is -0.372 e. The summed E-state index contributed by atoms with van der Waals surface area (Å²) < 4.78 is 0. The van der Waals surface area contributed by atoms with Crippen LogP contribution in [0, 0.1) is 0 Å². The van der Waals surface area contributed by atoms with E-state index in [0.29, 0.717) is 16.8 Å². The fourth-order valence-electron chi connectivity index (χ4n) is 4.38. The third-order valence-electron chi connectivity index (χ3n) is 5.98. The summed E-state index contributed by atoms with van der Waals surface area (Å²) in [6.07, 6.45) is 3.69. The maximum Gasteiger partial charge on any atom is 0.278 e. The van der Waals surface area contributed by atoms with Gasteiger partial charge in [-0.1, -0.05) is 12.1 Å². The van der Waals surface area contributed by atoms with Crippen molar-refractivity contribution in [1.82, 2.24) is 4.90 Å². The van der Waals surface area contributed by atoms with Crippen LogP contribution in [0.15, 0.2) is 54.2 Å². The van der Waals surface area contributed by atoms with Crippen LogP contribution in [0.5, 0.6) is 0 Å². The molecule has 2 heterocycles. The molecule has 1 saturated heterocycles. The molecule has 0 atom stereocenters. The molecular weight excluding hydrogens is 416 g/mol. The van der Waals surface area contributed by atoms with E-state index >= 15 is 0 Å². The van der Waals surface area contributed by atoms with E-state index in [-0.39, 0.29) is 29.5 Å². The number of rotatable bonds is 6. The van der Waals surface area contributed by atoms with Gasteiger partial charge in [-0.3, -0.25) is 19.3 Å². The van der Waals surface area contributed by atoms with E-state index in [9.17, 15) is 14.4 Å².